The van der Waals surface area contributed by atoms with E-state index in [-0.39, 0.29) is 12.7 Å². The Morgan fingerprint density at radius 1 is 0.929 bits per heavy atom. The monoisotopic (exact) mass is 370 g/mol. The minimum absolute atomic E-state index is 0.131. The Labute approximate surface area is 162 Å². The molecule has 0 atom stereocenters. The van der Waals surface area contributed by atoms with E-state index < -0.39 is 0 Å². The number of hydrogen-bond acceptors (Lipinski definition) is 3. The average molecular weight is 370 g/mol. The van der Waals surface area contributed by atoms with E-state index in [0.717, 1.165) is 39.1 Å². The Kier molecular flexibility index (Phi) is 3.79. The van der Waals surface area contributed by atoms with Gasteiger partial charge in [0.2, 0.25) is 6.79 Å². The number of nitrogens with zero attached hydrogens (tertiary/aromatic N) is 1. The molecule has 0 saturated carbocycles. The Balaban J connectivity index is 1.58. The molecule has 1 aliphatic heterocycles. The zero-order valence-electron chi connectivity index (χ0n) is 15.3. The van der Waals surface area contributed by atoms with Crippen LogP contribution in [0, 0.1) is 0 Å². The van der Waals surface area contributed by atoms with Crippen LogP contribution < -0.4 is 14.8 Å². The van der Waals surface area contributed by atoms with Gasteiger partial charge in [-0.25, -0.2) is 0 Å². The maximum Gasteiger partial charge on any atom is 0.272 e. The second-order valence-electron chi connectivity index (χ2n) is 6.73. The van der Waals surface area contributed by atoms with Crippen LogP contribution in [-0.4, -0.2) is 17.3 Å². The van der Waals surface area contributed by atoms with Gasteiger partial charge in [0.1, 0.15) is 5.69 Å². The van der Waals surface area contributed by atoms with Crippen LogP contribution in [0.5, 0.6) is 11.5 Å². The molecule has 5 nitrogen and oxygen atoms in total. The van der Waals surface area contributed by atoms with Gasteiger partial charge in [0.15, 0.2) is 11.5 Å². The molecule has 5 rings (SSSR count). The highest BCUT2D eigenvalue weighted by Gasteiger charge is 2.16. The van der Waals surface area contributed by atoms with Crippen LogP contribution in [0.3, 0.4) is 0 Å². The van der Waals surface area contributed by atoms with Crippen molar-refractivity contribution in [3.63, 3.8) is 0 Å². The van der Waals surface area contributed by atoms with E-state index >= 15 is 0 Å². The number of amides is 1. The first-order chi connectivity index (χ1) is 13.7. The van der Waals surface area contributed by atoms with Crippen molar-refractivity contribution in [1.82, 2.24) is 4.57 Å². The summed E-state index contributed by atoms with van der Waals surface area (Å²) >= 11 is 0. The number of hydrogen-bond donors (Lipinski definition) is 1. The lowest BCUT2D eigenvalue weighted by Crippen LogP contribution is -2.15. The number of ether oxygens (including phenoxy) is 2. The summed E-state index contributed by atoms with van der Waals surface area (Å²) < 4.78 is 12.7. The fraction of sp³-hybridized carbons (Fsp3) is 0.0870. The molecule has 0 fully saturated rings. The Morgan fingerprint density at radius 2 is 1.75 bits per heavy atom. The number of aromatic nitrogens is 1. The third-order valence-corrected chi connectivity index (χ3v) is 5.03. The number of anilines is 1. The van der Waals surface area contributed by atoms with Gasteiger partial charge in [-0.05, 0) is 46.8 Å². The minimum atomic E-state index is -0.131. The molecular weight excluding hydrogens is 352 g/mol. The standard InChI is InChI=1S/C23H18N2O3/c1-25-12-4-7-20(25)23(26)24-19-10-9-16(17-5-2-3-6-18(17)19)15-8-11-21-22(13-15)28-14-27-21/h2-13H,14H2,1H3,(H,24,26). The van der Waals surface area contributed by atoms with E-state index in [2.05, 4.69) is 11.4 Å². The van der Waals surface area contributed by atoms with Gasteiger partial charge in [-0.3, -0.25) is 4.79 Å². The van der Waals surface area contributed by atoms with Crippen LogP contribution in [0.25, 0.3) is 21.9 Å². The predicted octanol–water partition coefficient (Wildman–Crippen LogP) is 4.83. The summed E-state index contributed by atoms with van der Waals surface area (Å²) in [6, 6.07) is 21.6. The first-order valence-corrected chi connectivity index (χ1v) is 9.05. The molecule has 1 N–H and O–H groups in total. The van der Waals surface area contributed by atoms with Gasteiger partial charge in [-0.15, -0.1) is 0 Å². The van der Waals surface area contributed by atoms with Gasteiger partial charge >= 0.3 is 0 Å². The molecule has 1 aliphatic rings. The number of carbonyl (C=O) groups is 1. The predicted molar refractivity (Wildman–Crippen MR) is 109 cm³/mol. The molecule has 0 spiro atoms. The van der Waals surface area contributed by atoms with Crippen LogP contribution in [0.4, 0.5) is 5.69 Å². The van der Waals surface area contributed by atoms with Crippen molar-refractivity contribution in [1.29, 1.82) is 0 Å². The van der Waals surface area contributed by atoms with E-state index in [9.17, 15) is 4.79 Å². The van der Waals surface area contributed by atoms with Crippen molar-refractivity contribution >= 4 is 22.4 Å². The maximum atomic E-state index is 12.7. The molecule has 0 unspecified atom stereocenters. The molecular formula is C23H18N2O3. The second-order valence-corrected chi connectivity index (χ2v) is 6.73. The smallest absolute Gasteiger partial charge is 0.272 e. The van der Waals surface area contributed by atoms with Crippen molar-refractivity contribution in [3.8, 4) is 22.6 Å². The lowest BCUT2D eigenvalue weighted by molar-refractivity contribution is 0.101. The molecule has 0 aliphatic carbocycles. The molecule has 2 heterocycles. The average Bonchev–Trinajstić information content (AvgIpc) is 3.36. The number of aryl methyl sites for hydroxylation is 1. The lowest BCUT2D eigenvalue weighted by atomic mass is 9.97. The van der Waals surface area contributed by atoms with Crippen molar-refractivity contribution in [3.05, 3.63) is 78.6 Å². The summed E-state index contributed by atoms with van der Waals surface area (Å²) in [6.45, 7) is 0.254. The first kappa shape index (κ1) is 16.4. The highest BCUT2D eigenvalue weighted by molar-refractivity contribution is 6.11. The number of fused-ring (bicyclic) bond motifs is 2. The van der Waals surface area contributed by atoms with Gasteiger partial charge in [0.25, 0.3) is 5.91 Å². The Hall–Kier alpha value is -3.73. The molecule has 28 heavy (non-hydrogen) atoms. The third-order valence-electron chi connectivity index (χ3n) is 5.03. The van der Waals surface area contributed by atoms with E-state index in [1.165, 1.54) is 0 Å². The number of carbonyl (C=O) groups excluding carboxylic acids is 1. The molecule has 1 aromatic heterocycles. The normalized spacial score (nSPS) is 12.3. The summed E-state index contributed by atoms with van der Waals surface area (Å²) in [5.74, 6) is 1.38. The van der Waals surface area contributed by atoms with E-state index in [0.29, 0.717) is 5.69 Å². The fourth-order valence-corrected chi connectivity index (χ4v) is 3.61. The minimum Gasteiger partial charge on any atom is -0.454 e. The van der Waals surface area contributed by atoms with Crippen LogP contribution in [0.2, 0.25) is 0 Å². The third kappa shape index (κ3) is 2.68. The van der Waals surface area contributed by atoms with Crippen molar-refractivity contribution in [2.24, 2.45) is 7.05 Å². The van der Waals surface area contributed by atoms with Gasteiger partial charge in [0.05, 0.1) is 0 Å². The van der Waals surface area contributed by atoms with E-state index in [4.69, 9.17) is 9.47 Å². The molecule has 0 saturated heterocycles. The number of rotatable bonds is 3. The summed E-state index contributed by atoms with van der Waals surface area (Å²) in [4.78, 5) is 12.7. The summed E-state index contributed by atoms with van der Waals surface area (Å²) in [5.41, 5.74) is 3.52. The second kappa shape index (κ2) is 6.46. The fourth-order valence-electron chi connectivity index (χ4n) is 3.61. The molecule has 5 heteroatoms. The summed E-state index contributed by atoms with van der Waals surface area (Å²) in [7, 11) is 1.86. The van der Waals surface area contributed by atoms with Crippen LogP contribution in [0.15, 0.2) is 72.9 Å². The van der Waals surface area contributed by atoms with Gasteiger partial charge in [-0.1, -0.05) is 36.4 Å². The van der Waals surface area contributed by atoms with Crippen molar-refractivity contribution < 1.29 is 14.3 Å². The van der Waals surface area contributed by atoms with Crippen molar-refractivity contribution in [2.45, 2.75) is 0 Å². The van der Waals surface area contributed by atoms with Crippen LogP contribution in [-0.2, 0) is 7.05 Å². The Bertz CT molecular complexity index is 1210. The largest absolute Gasteiger partial charge is 0.454 e. The quantitative estimate of drug-likeness (QED) is 0.562. The van der Waals surface area contributed by atoms with Gasteiger partial charge in [-0.2, -0.15) is 0 Å². The lowest BCUT2D eigenvalue weighted by Gasteiger charge is -2.13. The molecule has 0 bridgehead atoms. The molecule has 138 valence electrons. The maximum absolute atomic E-state index is 12.7. The summed E-state index contributed by atoms with van der Waals surface area (Å²) in [5, 5.41) is 5.09. The molecule has 0 radical (unpaired) electrons. The van der Waals surface area contributed by atoms with Crippen LogP contribution in [0.1, 0.15) is 10.5 Å². The zero-order valence-corrected chi connectivity index (χ0v) is 15.3. The Morgan fingerprint density at radius 3 is 2.57 bits per heavy atom. The number of nitrogens with one attached hydrogen (secondary N) is 1. The van der Waals surface area contributed by atoms with Gasteiger partial charge in [0, 0.05) is 24.3 Å². The number of benzene rings is 3. The van der Waals surface area contributed by atoms with E-state index in [1.54, 1.807) is 10.6 Å². The zero-order chi connectivity index (χ0) is 19.1. The molecule has 3 aromatic carbocycles. The van der Waals surface area contributed by atoms with Gasteiger partial charge < -0.3 is 19.4 Å². The van der Waals surface area contributed by atoms with E-state index in [1.807, 2.05) is 67.8 Å². The highest BCUT2D eigenvalue weighted by atomic mass is 16.7. The first-order valence-electron chi connectivity index (χ1n) is 9.05. The molecule has 4 aromatic rings. The van der Waals surface area contributed by atoms with Crippen LogP contribution >= 0.6 is 0 Å². The highest BCUT2D eigenvalue weighted by Crippen LogP contribution is 2.39. The summed E-state index contributed by atoms with van der Waals surface area (Å²) in [6.07, 6.45) is 1.86. The molecule has 1 amide bonds. The topological polar surface area (TPSA) is 52.5 Å². The van der Waals surface area contributed by atoms with Crippen molar-refractivity contribution in [2.75, 3.05) is 12.1 Å². The SMILES string of the molecule is Cn1cccc1C(=O)Nc1ccc(-c2ccc3c(c2)OCO3)c2ccccc12.